The summed E-state index contributed by atoms with van der Waals surface area (Å²) >= 11 is 1.46. The van der Waals surface area contributed by atoms with Crippen LogP contribution in [0.2, 0.25) is 0 Å². The van der Waals surface area contributed by atoms with Crippen LogP contribution in [0.4, 0.5) is 14.3 Å². The predicted molar refractivity (Wildman–Crippen MR) is 191 cm³/mol. The minimum Gasteiger partial charge on any atom is -0.444 e. The molecule has 3 N–H and O–H groups in total. The van der Waals surface area contributed by atoms with E-state index in [2.05, 4.69) is 34.2 Å². The van der Waals surface area contributed by atoms with Crippen molar-refractivity contribution in [3.63, 3.8) is 0 Å². The molecule has 2 saturated carbocycles. The van der Waals surface area contributed by atoms with Crippen LogP contribution in [0.3, 0.4) is 0 Å². The zero-order valence-corrected chi connectivity index (χ0v) is 30.9. The second-order valence-electron chi connectivity index (χ2n) is 14.9. The number of carbonyl (C=O) groups is 4. The average Bonchev–Trinajstić information content (AvgIpc) is 3.89. The highest BCUT2D eigenvalue weighted by molar-refractivity contribution is 7.91. The van der Waals surface area contributed by atoms with Gasteiger partial charge in [0.25, 0.3) is 5.91 Å². The van der Waals surface area contributed by atoms with Gasteiger partial charge in [0.05, 0.1) is 18.3 Å². The SMILES string of the molecule is CC(C)c1cnc(N[C@H]2CCCCC/C=C\[C@@H]3C[C@@]3(C(=O)NS(=O)(=O)C3CC3)NC(=O)[C@@H]3C[C@@H](OC(=O)N4Cc5cccc(F)c5C4)CN3C2=O)s1. The van der Waals surface area contributed by atoms with E-state index in [1.54, 1.807) is 18.3 Å². The molecule has 5 aliphatic rings. The molecule has 1 aromatic heterocycles. The Labute approximate surface area is 306 Å². The third-order valence-electron chi connectivity index (χ3n) is 10.7. The lowest BCUT2D eigenvalue weighted by Crippen LogP contribution is -2.57. The van der Waals surface area contributed by atoms with Crippen molar-refractivity contribution in [3.8, 4) is 0 Å². The van der Waals surface area contributed by atoms with Crippen molar-refractivity contribution in [2.24, 2.45) is 5.92 Å². The number of allylic oxidation sites excluding steroid dienone is 1. The number of hydrogen-bond donors (Lipinski definition) is 3. The maximum Gasteiger partial charge on any atom is 0.410 e. The van der Waals surface area contributed by atoms with Gasteiger partial charge in [0.1, 0.15) is 29.5 Å². The highest BCUT2D eigenvalue weighted by atomic mass is 32.2. The smallest absolute Gasteiger partial charge is 0.410 e. The minimum absolute atomic E-state index is 0.0363. The van der Waals surface area contributed by atoms with Crippen molar-refractivity contribution < 1.29 is 36.7 Å². The lowest BCUT2D eigenvalue weighted by atomic mass is 10.1. The standard InChI is InChI=1S/C36H45FN6O7S2/c1-21(2)30-17-38-34(51-30)39-28-12-7-5-3-4-6-10-23-16-36(23,33(46)41-52(48,49)25-13-14-25)40-31(44)29-15-24(19-43(29)32(28)45)50-35(47)42-18-22-9-8-11-27(37)26(22)20-42/h6,8-11,17,21,23-25,28-29H,3-5,7,12-16,18-20H2,1-2H3,(H,38,39)(H,40,44)(H,41,46)/b10-6-/t23-,24-,28+,29+,36-/m1/s1. The number of hydrogen-bond acceptors (Lipinski definition) is 10. The van der Waals surface area contributed by atoms with Crippen LogP contribution in [0.25, 0.3) is 0 Å². The van der Waals surface area contributed by atoms with E-state index in [4.69, 9.17) is 4.74 Å². The fraction of sp³-hybridized carbons (Fsp3) is 0.583. The molecule has 0 spiro atoms. The van der Waals surface area contributed by atoms with Crippen LogP contribution in [0.1, 0.15) is 93.6 Å². The zero-order valence-electron chi connectivity index (χ0n) is 29.3. The molecule has 52 heavy (non-hydrogen) atoms. The van der Waals surface area contributed by atoms with Gasteiger partial charge in [-0.05, 0) is 56.1 Å². The number of ether oxygens (including phenoxy) is 1. The highest BCUT2D eigenvalue weighted by Gasteiger charge is 2.62. The van der Waals surface area contributed by atoms with E-state index in [1.807, 2.05) is 12.2 Å². The maximum absolute atomic E-state index is 14.5. The lowest BCUT2D eigenvalue weighted by Gasteiger charge is -2.29. The molecule has 3 fully saturated rings. The summed E-state index contributed by atoms with van der Waals surface area (Å²) in [6.07, 6.45) is 8.75. The van der Waals surface area contributed by atoms with Crippen LogP contribution < -0.4 is 15.4 Å². The van der Waals surface area contributed by atoms with E-state index in [0.717, 1.165) is 30.6 Å². The summed E-state index contributed by atoms with van der Waals surface area (Å²) in [5.74, 6) is -2.38. The topological polar surface area (TPSA) is 167 Å². The number of amides is 4. The molecule has 13 nitrogen and oxygen atoms in total. The Kier molecular flexibility index (Phi) is 10.1. The molecule has 16 heteroatoms. The van der Waals surface area contributed by atoms with Crippen molar-refractivity contribution in [1.29, 1.82) is 0 Å². The molecule has 7 rings (SSSR count). The molecule has 2 aromatic rings. The van der Waals surface area contributed by atoms with Gasteiger partial charge in [0, 0.05) is 35.5 Å². The zero-order chi connectivity index (χ0) is 36.8. The van der Waals surface area contributed by atoms with E-state index >= 15 is 0 Å². The Hall–Kier alpha value is -4.05. The summed E-state index contributed by atoms with van der Waals surface area (Å²) in [6.45, 7) is 4.25. The number of nitrogens with one attached hydrogen (secondary N) is 3. The van der Waals surface area contributed by atoms with Crippen LogP contribution in [0.5, 0.6) is 0 Å². The Morgan fingerprint density at radius 2 is 1.94 bits per heavy atom. The first kappa shape index (κ1) is 36.3. The van der Waals surface area contributed by atoms with E-state index < -0.39 is 68.6 Å². The number of sulfonamides is 1. The number of halogens is 1. The summed E-state index contributed by atoms with van der Waals surface area (Å²) in [6, 6.07) is 2.83. The van der Waals surface area contributed by atoms with Crippen LogP contribution in [0.15, 0.2) is 36.5 Å². The summed E-state index contributed by atoms with van der Waals surface area (Å²) in [4.78, 5) is 64.2. The number of benzene rings is 1. The first-order valence-corrected chi connectivity index (χ1v) is 20.5. The lowest BCUT2D eigenvalue weighted by molar-refractivity contribution is -0.140. The van der Waals surface area contributed by atoms with Gasteiger partial charge in [0.15, 0.2) is 5.13 Å². The van der Waals surface area contributed by atoms with Crippen molar-refractivity contribution in [2.75, 3.05) is 11.9 Å². The quantitative estimate of drug-likeness (QED) is 0.349. The van der Waals surface area contributed by atoms with Crippen LogP contribution >= 0.6 is 11.3 Å². The Balaban J connectivity index is 1.15. The predicted octanol–water partition coefficient (Wildman–Crippen LogP) is 4.31. The van der Waals surface area contributed by atoms with Gasteiger partial charge in [0.2, 0.25) is 21.8 Å². The maximum atomic E-state index is 14.5. The summed E-state index contributed by atoms with van der Waals surface area (Å²) in [7, 11) is -3.89. The molecule has 1 saturated heterocycles. The van der Waals surface area contributed by atoms with Crippen molar-refractivity contribution in [2.45, 2.75) is 120 Å². The van der Waals surface area contributed by atoms with Gasteiger partial charge >= 0.3 is 6.09 Å². The third kappa shape index (κ3) is 7.54. The van der Waals surface area contributed by atoms with E-state index in [0.29, 0.717) is 35.5 Å². The molecule has 0 radical (unpaired) electrons. The second kappa shape index (κ2) is 14.4. The number of nitrogens with zero attached hydrogens (tertiary/aromatic N) is 3. The number of thiazole rings is 1. The first-order chi connectivity index (χ1) is 24.8. The normalized spacial score (nSPS) is 28.5. The fourth-order valence-corrected chi connectivity index (χ4v) is 9.58. The number of fused-ring (bicyclic) bond motifs is 3. The van der Waals surface area contributed by atoms with Gasteiger partial charge in [-0.1, -0.05) is 51.0 Å². The summed E-state index contributed by atoms with van der Waals surface area (Å²) in [5, 5.41) is 6.12. The molecule has 0 bridgehead atoms. The molecule has 280 valence electrons. The molecule has 2 aliphatic carbocycles. The first-order valence-electron chi connectivity index (χ1n) is 18.1. The van der Waals surface area contributed by atoms with Gasteiger partial charge < -0.3 is 20.3 Å². The molecule has 4 heterocycles. The number of anilines is 1. The number of aromatic nitrogens is 1. The van der Waals surface area contributed by atoms with Crippen LogP contribution in [0, 0.1) is 11.7 Å². The molecule has 5 atom stereocenters. The molecule has 0 unspecified atom stereocenters. The number of carbonyl (C=O) groups excluding carboxylic acids is 4. The fourth-order valence-electron chi connectivity index (χ4n) is 7.34. The van der Waals surface area contributed by atoms with Crippen molar-refractivity contribution in [3.05, 3.63) is 58.4 Å². The van der Waals surface area contributed by atoms with Gasteiger partial charge in [-0.2, -0.15) is 0 Å². The minimum atomic E-state index is -3.89. The molecule has 3 aliphatic heterocycles. The Bertz CT molecular complexity index is 1880. The van der Waals surface area contributed by atoms with E-state index in [9.17, 15) is 32.0 Å². The highest BCUT2D eigenvalue weighted by Crippen LogP contribution is 2.46. The van der Waals surface area contributed by atoms with Crippen molar-refractivity contribution >= 4 is 50.3 Å². The van der Waals surface area contributed by atoms with Gasteiger partial charge in [-0.25, -0.2) is 22.6 Å². The Morgan fingerprint density at radius 3 is 2.67 bits per heavy atom. The second-order valence-corrected chi connectivity index (χ2v) is 17.9. The average molecular weight is 757 g/mol. The van der Waals surface area contributed by atoms with Crippen LogP contribution in [-0.4, -0.2) is 82.5 Å². The van der Waals surface area contributed by atoms with E-state index in [1.165, 1.54) is 27.2 Å². The monoisotopic (exact) mass is 756 g/mol. The molecular formula is C36H45FN6O7S2. The molecular weight excluding hydrogens is 712 g/mol. The van der Waals surface area contributed by atoms with E-state index in [-0.39, 0.29) is 44.3 Å². The summed E-state index contributed by atoms with van der Waals surface area (Å²) in [5.41, 5.74) is -0.399. The van der Waals surface area contributed by atoms with Gasteiger partial charge in [-0.3, -0.25) is 24.0 Å². The van der Waals surface area contributed by atoms with Crippen LogP contribution in [-0.2, 0) is 42.2 Å². The molecule has 4 amide bonds. The Morgan fingerprint density at radius 1 is 1.13 bits per heavy atom. The third-order valence-corrected chi connectivity index (χ3v) is 13.7. The van der Waals surface area contributed by atoms with Gasteiger partial charge in [-0.15, -0.1) is 11.3 Å². The largest absolute Gasteiger partial charge is 0.444 e. The number of rotatable bonds is 7. The molecule has 1 aromatic carbocycles. The summed E-state index contributed by atoms with van der Waals surface area (Å²) < 4.78 is 48.1. The van der Waals surface area contributed by atoms with Crippen molar-refractivity contribution in [1.82, 2.24) is 24.8 Å².